The van der Waals surface area contributed by atoms with E-state index in [4.69, 9.17) is 24.8 Å². The summed E-state index contributed by atoms with van der Waals surface area (Å²) in [6, 6.07) is 3.52. The first-order chi connectivity index (χ1) is 9.06. The largest absolute Gasteiger partial charge is 0.490 e. The molecule has 1 aromatic rings. The molecule has 0 aliphatic rings. The summed E-state index contributed by atoms with van der Waals surface area (Å²) in [5, 5.41) is 26.3. The average Bonchev–Trinajstić information content (AvgIpc) is 2.38. The van der Waals surface area contributed by atoms with Gasteiger partial charge in [0, 0.05) is 0 Å². The van der Waals surface area contributed by atoms with Gasteiger partial charge in [-0.05, 0) is 18.2 Å². The first-order valence-electron chi connectivity index (χ1n) is 5.48. The number of aromatic carboxylic acids is 2. The topological polar surface area (TPSA) is 113 Å². The Bertz CT molecular complexity index is 455. The van der Waals surface area contributed by atoms with Gasteiger partial charge in [0.1, 0.15) is 17.9 Å². The highest BCUT2D eigenvalue weighted by Gasteiger charge is 2.14. The molecule has 0 unspecified atom stereocenters. The van der Waals surface area contributed by atoms with Crippen molar-refractivity contribution in [2.45, 2.75) is 0 Å². The molecule has 7 heteroatoms. The van der Waals surface area contributed by atoms with E-state index >= 15 is 0 Å². The third kappa shape index (κ3) is 4.57. The lowest BCUT2D eigenvalue weighted by Gasteiger charge is -2.10. The SMILES string of the molecule is O=C(O)c1ccc(C(=O)O)c(OCCOCCO)c1. The minimum atomic E-state index is -1.21. The minimum absolute atomic E-state index is 0.0278. The summed E-state index contributed by atoms with van der Waals surface area (Å²) >= 11 is 0. The van der Waals surface area contributed by atoms with Crippen molar-refractivity contribution in [3.05, 3.63) is 29.3 Å². The fourth-order valence-corrected chi connectivity index (χ4v) is 1.33. The molecule has 0 saturated heterocycles. The van der Waals surface area contributed by atoms with Gasteiger partial charge in [-0.25, -0.2) is 9.59 Å². The third-order valence-corrected chi connectivity index (χ3v) is 2.18. The molecule has 0 radical (unpaired) electrons. The van der Waals surface area contributed by atoms with Crippen LogP contribution in [0.25, 0.3) is 0 Å². The number of aliphatic hydroxyl groups is 1. The number of benzene rings is 1. The number of hydrogen-bond donors (Lipinski definition) is 3. The highest BCUT2D eigenvalue weighted by Crippen LogP contribution is 2.20. The Morgan fingerprint density at radius 1 is 1.05 bits per heavy atom. The first kappa shape index (κ1) is 14.9. The van der Waals surface area contributed by atoms with Crippen molar-refractivity contribution in [2.24, 2.45) is 0 Å². The highest BCUT2D eigenvalue weighted by molar-refractivity contribution is 5.94. The number of hydrogen-bond acceptors (Lipinski definition) is 5. The fourth-order valence-electron chi connectivity index (χ4n) is 1.33. The Labute approximate surface area is 109 Å². The van der Waals surface area contributed by atoms with Gasteiger partial charge >= 0.3 is 11.9 Å². The van der Waals surface area contributed by atoms with E-state index in [1.54, 1.807) is 0 Å². The van der Waals surface area contributed by atoms with E-state index in [9.17, 15) is 9.59 Å². The molecule has 1 rings (SSSR count). The van der Waals surface area contributed by atoms with Crippen LogP contribution in [0.4, 0.5) is 0 Å². The van der Waals surface area contributed by atoms with Crippen molar-refractivity contribution in [1.29, 1.82) is 0 Å². The van der Waals surface area contributed by atoms with Crippen LogP contribution >= 0.6 is 0 Å². The van der Waals surface area contributed by atoms with E-state index < -0.39 is 11.9 Å². The maximum Gasteiger partial charge on any atom is 0.339 e. The van der Waals surface area contributed by atoms with Gasteiger partial charge in [-0.1, -0.05) is 0 Å². The Hall–Kier alpha value is -2.12. The molecule has 3 N–H and O–H groups in total. The van der Waals surface area contributed by atoms with Crippen LogP contribution in [0.3, 0.4) is 0 Å². The molecular formula is C12H14O7. The zero-order valence-corrected chi connectivity index (χ0v) is 10.0. The molecule has 0 aliphatic carbocycles. The molecule has 0 bridgehead atoms. The van der Waals surface area contributed by atoms with Gasteiger partial charge in [-0.2, -0.15) is 0 Å². The van der Waals surface area contributed by atoms with Gasteiger partial charge in [0.2, 0.25) is 0 Å². The third-order valence-electron chi connectivity index (χ3n) is 2.18. The standard InChI is InChI=1S/C12H14O7/c13-3-4-18-5-6-19-10-7-8(11(14)15)1-2-9(10)12(16)17/h1-2,7,13H,3-6H2,(H,14,15)(H,16,17). The summed E-state index contributed by atoms with van der Waals surface area (Å²) in [6.07, 6.45) is 0. The number of ether oxygens (including phenoxy) is 2. The summed E-state index contributed by atoms with van der Waals surface area (Å²) < 4.78 is 10.1. The Morgan fingerprint density at radius 2 is 1.79 bits per heavy atom. The van der Waals surface area contributed by atoms with Crippen molar-refractivity contribution in [1.82, 2.24) is 0 Å². The molecule has 19 heavy (non-hydrogen) atoms. The van der Waals surface area contributed by atoms with Crippen molar-refractivity contribution in [3.8, 4) is 5.75 Å². The number of rotatable bonds is 8. The maximum absolute atomic E-state index is 10.9. The molecule has 0 saturated carbocycles. The second-order valence-corrected chi connectivity index (χ2v) is 3.51. The molecule has 0 aliphatic heterocycles. The number of carboxylic acids is 2. The molecule has 7 nitrogen and oxygen atoms in total. The van der Waals surface area contributed by atoms with Crippen LogP contribution in [0.1, 0.15) is 20.7 Å². The zero-order valence-electron chi connectivity index (χ0n) is 10.0. The lowest BCUT2D eigenvalue weighted by molar-refractivity contribution is 0.0647. The second kappa shape index (κ2) is 7.34. The number of carbonyl (C=O) groups is 2. The van der Waals surface area contributed by atoms with Crippen LogP contribution in [0, 0.1) is 0 Å². The summed E-state index contributed by atoms with van der Waals surface area (Å²) in [6.45, 7) is 0.263. The van der Waals surface area contributed by atoms with Gasteiger partial charge in [0.25, 0.3) is 0 Å². The van der Waals surface area contributed by atoms with Crippen LogP contribution in [-0.2, 0) is 4.74 Å². The number of carboxylic acid groups (broad SMARTS) is 2. The van der Waals surface area contributed by atoms with Crippen molar-refractivity contribution in [2.75, 3.05) is 26.4 Å². The normalized spacial score (nSPS) is 10.2. The fraction of sp³-hybridized carbons (Fsp3) is 0.333. The van der Waals surface area contributed by atoms with Crippen LogP contribution in [0.2, 0.25) is 0 Å². The van der Waals surface area contributed by atoms with Crippen molar-refractivity contribution in [3.63, 3.8) is 0 Å². The van der Waals surface area contributed by atoms with Crippen LogP contribution in [0.5, 0.6) is 5.75 Å². The quantitative estimate of drug-likeness (QED) is 0.588. The monoisotopic (exact) mass is 270 g/mol. The van der Waals surface area contributed by atoms with Crippen LogP contribution in [0.15, 0.2) is 18.2 Å². The zero-order chi connectivity index (χ0) is 14.3. The molecule has 0 fully saturated rings. The van der Waals surface area contributed by atoms with E-state index in [2.05, 4.69) is 0 Å². The summed E-state index contributed by atoms with van der Waals surface area (Å²) in [5.74, 6) is -2.40. The van der Waals surface area contributed by atoms with Gasteiger partial charge in [-0.3, -0.25) is 0 Å². The molecule has 104 valence electrons. The molecule has 0 spiro atoms. The van der Waals surface area contributed by atoms with E-state index in [0.29, 0.717) is 0 Å². The van der Waals surface area contributed by atoms with E-state index in [1.807, 2.05) is 0 Å². The van der Waals surface area contributed by atoms with E-state index in [1.165, 1.54) is 12.1 Å². The van der Waals surface area contributed by atoms with Crippen molar-refractivity contribution < 1.29 is 34.4 Å². The van der Waals surface area contributed by atoms with Gasteiger partial charge in [-0.15, -0.1) is 0 Å². The van der Waals surface area contributed by atoms with E-state index in [0.717, 1.165) is 6.07 Å². The molecular weight excluding hydrogens is 256 g/mol. The summed E-state index contributed by atoms with van der Waals surface area (Å²) in [5.41, 5.74) is -0.177. The average molecular weight is 270 g/mol. The van der Waals surface area contributed by atoms with E-state index in [-0.39, 0.29) is 43.3 Å². The summed E-state index contributed by atoms with van der Waals surface area (Å²) in [7, 11) is 0. The Kier molecular flexibility index (Phi) is 5.77. The Morgan fingerprint density at radius 3 is 2.37 bits per heavy atom. The molecule has 0 heterocycles. The van der Waals surface area contributed by atoms with Gasteiger partial charge in [0.05, 0.1) is 25.4 Å². The summed E-state index contributed by atoms with van der Waals surface area (Å²) in [4.78, 5) is 21.7. The molecule has 1 aromatic carbocycles. The second-order valence-electron chi connectivity index (χ2n) is 3.51. The molecule has 0 amide bonds. The first-order valence-corrected chi connectivity index (χ1v) is 5.48. The predicted molar refractivity (Wildman–Crippen MR) is 63.8 cm³/mol. The molecule has 0 atom stereocenters. The minimum Gasteiger partial charge on any atom is -0.490 e. The van der Waals surface area contributed by atoms with Crippen LogP contribution in [-0.4, -0.2) is 53.7 Å². The Balaban J connectivity index is 2.74. The van der Waals surface area contributed by atoms with Crippen molar-refractivity contribution >= 4 is 11.9 Å². The lowest BCUT2D eigenvalue weighted by atomic mass is 10.1. The van der Waals surface area contributed by atoms with Crippen LogP contribution < -0.4 is 4.74 Å². The van der Waals surface area contributed by atoms with Gasteiger partial charge < -0.3 is 24.8 Å². The van der Waals surface area contributed by atoms with Gasteiger partial charge in [0.15, 0.2) is 0 Å². The maximum atomic E-state index is 10.9. The number of aliphatic hydroxyl groups excluding tert-OH is 1. The highest BCUT2D eigenvalue weighted by atomic mass is 16.5. The lowest BCUT2D eigenvalue weighted by Crippen LogP contribution is -2.12. The molecule has 0 aromatic heterocycles. The predicted octanol–water partition coefficient (Wildman–Crippen LogP) is 0.471. The smallest absolute Gasteiger partial charge is 0.339 e.